The lowest BCUT2D eigenvalue weighted by molar-refractivity contribution is -0.138. The Labute approximate surface area is 312 Å². The van der Waals surface area contributed by atoms with Crippen molar-refractivity contribution in [3.05, 3.63) is 35.4 Å². The molecule has 0 spiro atoms. The number of unbranched alkanes of at least 4 members (excludes halogenated alkanes) is 2. The first-order valence-corrected chi connectivity index (χ1v) is 17.7. The maximum atomic E-state index is 14.2. The number of aliphatic imine (C=N–C) groups is 1. The number of carbonyl (C=O) groups excluding carboxylic acids is 3. The summed E-state index contributed by atoms with van der Waals surface area (Å²) in [4.78, 5) is 43.1. The monoisotopic (exact) mass is 788 g/mol. The molecular weight excluding hydrogens is 742 g/mol. The van der Waals surface area contributed by atoms with Gasteiger partial charge in [0.15, 0.2) is 17.5 Å². The smallest absolute Gasteiger partial charge is 0.416 e. The highest BCUT2D eigenvalue weighted by Crippen LogP contribution is 2.44. The molecule has 0 aliphatic carbocycles. The standard InChI is InChI=1S/C34H46F6N10O5/c35-33(36,37)19-13-23(47-27(51)5-1-3-9-41)29(54-21-7-11-44-17-21)25(15-19)49-32(53)50-26-16-20(34(38,39)40)14-24(30(26)55-22-8-12-45-18-22)48-28(52)6-2-4-10-46-31(42)43/h13-16,21-22,44-45H,1-12,17-18,41H2,(H,47,51)(H,48,52)(H4,42,43,46)(H2,49,50,53). The number of rotatable bonds is 17. The highest BCUT2D eigenvalue weighted by atomic mass is 19.4. The molecule has 4 rings (SSSR count). The van der Waals surface area contributed by atoms with Gasteiger partial charge in [-0.1, -0.05) is 0 Å². The van der Waals surface area contributed by atoms with Crippen LogP contribution < -0.4 is 58.6 Å². The highest BCUT2D eigenvalue weighted by Gasteiger charge is 2.36. The molecule has 12 N–H and O–H groups in total. The van der Waals surface area contributed by atoms with Crippen LogP contribution in [-0.2, 0) is 21.9 Å². The van der Waals surface area contributed by atoms with E-state index in [0.29, 0.717) is 89.1 Å². The summed E-state index contributed by atoms with van der Waals surface area (Å²) in [5, 5.41) is 15.5. The van der Waals surface area contributed by atoms with E-state index in [1.807, 2.05) is 0 Å². The zero-order valence-corrected chi connectivity index (χ0v) is 29.9. The molecule has 2 heterocycles. The van der Waals surface area contributed by atoms with Gasteiger partial charge in [-0.15, -0.1) is 0 Å². The highest BCUT2D eigenvalue weighted by molar-refractivity contribution is 6.05. The van der Waals surface area contributed by atoms with Crippen molar-refractivity contribution in [2.45, 2.75) is 75.9 Å². The summed E-state index contributed by atoms with van der Waals surface area (Å²) in [6, 6.07) is 1.23. The van der Waals surface area contributed by atoms with Crippen molar-refractivity contribution >= 4 is 46.6 Å². The second-order valence-corrected chi connectivity index (χ2v) is 12.9. The third kappa shape index (κ3) is 13.4. The van der Waals surface area contributed by atoms with Gasteiger partial charge in [0.2, 0.25) is 11.8 Å². The Morgan fingerprint density at radius 3 is 1.47 bits per heavy atom. The third-order valence-electron chi connectivity index (χ3n) is 8.44. The van der Waals surface area contributed by atoms with Crippen LogP contribution in [0.5, 0.6) is 11.5 Å². The second-order valence-electron chi connectivity index (χ2n) is 12.9. The number of hydrogen-bond donors (Lipinski definition) is 9. The summed E-state index contributed by atoms with van der Waals surface area (Å²) in [7, 11) is 0. The minimum atomic E-state index is -4.96. The molecule has 0 saturated carbocycles. The number of ether oxygens (including phenoxy) is 2. The Morgan fingerprint density at radius 2 is 1.11 bits per heavy atom. The van der Waals surface area contributed by atoms with Gasteiger partial charge in [-0.25, -0.2) is 4.79 Å². The van der Waals surface area contributed by atoms with Gasteiger partial charge in [0.25, 0.3) is 0 Å². The Balaban J connectivity index is 1.71. The van der Waals surface area contributed by atoms with Gasteiger partial charge < -0.3 is 58.6 Å². The topological polar surface area (TPSA) is 232 Å². The summed E-state index contributed by atoms with van der Waals surface area (Å²) in [5.41, 5.74) is 11.7. The number of anilines is 4. The van der Waals surface area contributed by atoms with E-state index in [4.69, 9.17) is 26.7 Å². The average molecular weight is 789 g/mol. The fraction of sp³-hybridized carbons (Fsp3) is 0.529. The van der Waals surface area contributed by atoms with Crippen LogP contribution in [-0.4, -0.2) is 75.3 Å². The molecule has 2 fully saturated rings. The molecule has 21 heteroatoms. The van der Waals surface area contributed by atoms with Gasteiger partial charge in [0, 0.05) is 32.5 Å². The summed E-state index contributed by atoms with van der Waals surface area (Å²) < 4.78 is 97.2. The van der Waals surface area contributed by atoms with Crippen LogP contribution in [0.2, 0.25) is 0 Å². The van der Waals surface area contributed by atoms with E-state index < -0.39 is 70.6 Å². The molecule has 0 bridgehead atoms. The molecule has 304 valence electrons. The fourth-order valence-corrected chi connectivity index (χ4v) is 5.74. The van der Waals surface area contributed by atoms with E-state index in [0.717, 1.165) is 0 Å². The number of guanidine groups is 1. The fourth-order valence-electron chi connectivity index (χ4n) is 5.74. The largest absolute Gasteiger partial charge is 0.485 e. The van der Waals surface area contributed by atoms with Crippen molar-refractivity contribution in [2.75, 3.05) is 60.5 Å². The molecule has 2 aliphatic rings. The van der Waals surface area contributed by atoms with E-state index in [1.165, 1.54) is 0 Å². The SMILES string of the molecule is NCCCCC(=O)Nc1cc(C(F)(F)F)cc(NC(=O)Nc2cc(C(F)(F)F)cc(NC(=O)CCCCN=C(N)N)c2OC2CCNC2)c1OC1CCNC1. The molecule has 2 aliphatic heterocycles. The molecule has 2 saturated heterocycles. The van der Waals surface area contributed by atoms with Crippen molar-refractivity contribution in [3.63, 3.8) is 0 Å². The minimum Gasteiger partial charge on any atom is -0.485 e. The predicted molar refractivity (Wildman–Crippen MR) is 194 cm³/mol. The number of urea groups is 1. The van der Waals surface area contributed by atoms with Gasteiger partial charge >= 0.3 is 18.4 Å². The van der Waals surface area contributed by atoms with Gasteiger partial charge in [-0.05, 0) is 82.4 Å². The van der Waals surface area contributed by atoms with Gasteiger partial charge in [0.05, 0.1) is 33.9 Å². The average Bonchev–Trinajstić information content (AvgIpc) is 3.81. The summed E-state index contributed by atoms with van der Waals surface area (Å²) in [5.74, 6) is -2.04. The maximum absolute atomic E-state index is 14.2. The first-order chi connectivity index (χ1) is 26.0. The quantitative estimate of drug-likeness (QED) is 0.0478. The second kappa shape index (κ2) is 19.5. The van der Waals surface area contributed by atoms with E-state index >= 15 is 0 Å². The molecule has 0 radical (unpaired) electrons. The van der Waals surface area contributed by atoms with E-state index in [9.17, 15) is 40.7 Å². The number of nitrogens with one attached hydrogen (secondary N) is 6. The summed E-state index contributed by atoms with van der Waals surface area (Å²) in [6.45, 7) is 2.18. The van der Waals surface area contributed by atoms with E-state index in [1.54, 1.807) is 0 Å². The van der Waals surface area contributed by atoms with Gasteiger partial charge in [-0.2, -0.15) is 26.3 Å². The molecular formula is C34H46F6N10O5. The van der Waals surface area contributed by atoms with Crippen molar-refractivity contribution in [2.24, 2.45) is 22.2 Å². The Kier molecular flexibility index (Phi) is 15.2. The van der Waals surface area contributed by atoms with Crippen LogP contribution in [0.15, 0.2) is 29.3 Å². The number of nitrogens with zero attached hydrogens (tertiary/aromatic N) is 1. The number of amides is 4. The first kappa shape index (κ1) is 42.7. The molecule has 4 amide bonds. The van der Waals surface area contributed by atoms with Crippen LogP contribution in [0.25, 0.3) is 0 Å². The van der Waals surface area contributed by atoms with Crippen molar-refractivity contribution in [1.29, 1.82) is 0 Å². The Hall–Kier alpha value is -5.02. The van der Waals surface area contributed by atoms with Crippen molar-refractivity contribution in [1.82, 2.24) is 10.6 Å². The number of benzene rings is 2. The van der Waals surface area contributed by atoms with Crippen LogP contribution in [0.4, 0.5) is 53.9 Å². The van der Waals surface area contributed by atoms with Crippen LogP contribution in [0.1, 0.15) is 62.5 Å². The number of alkyl halides is 6. The third-order valence-corrected chi connectivity index (χ3v) is 8.44. The van der Waals surface area contributed by atoms with Gasteiger partial charge in [0.1, 0.15) is 12.2 Å². The lowest BCUT2D eigenvalue weighted by atomic mass is 10.1. The molecule has 55 heavy (non-hydrogen) atoms. The molecule has 2 aromatic carbocycles. The normalized spacial score (nSPS) is 17.0. The predicted octanol–water partition coefficient (Wildman–Crippen LogP) is 4.30. The Bertz CT molecular complexity index is 1680. The summed E-state index contributed by atoms with van der Waals surface area (Å²) in [6.07, 6.45) is -8.81. The maximum Gasteiger partial charge on any atom is 0.416 e. The van der Waals surface area contributed by atoms with Crippen LogP contribution in [0, 0.1) is 0 Å². The van der Waals surface area contributed by atoms with Crippen molar-refractivity contribution in [3.8, 4) is 11.5 Å². The molecule has 2 atom stereocenters. The number of hydrogen-bond acceptors (Lipinski definition) is 9. The van der Waals surface area contributed by atoms with E-state index in [2.05, 4.69) is 36.9 Å². The van der Waals surface area contributed by atoms with Crippen molar-refractivity contribution < 1.29 is 50.2 Å². The lowest BCUT2D eigenvalue weighted by Gasteiger charge is -2.24. The first-order valence-electron chi connectivity index (χ1n) is 17.7. The van der Waals surface area contributed by atoms with E-state index in [-0.39, 0.29) is 49.0 Å². The number of nitrogens with two attached hydrogens (primary N) is 3. The van der Waals surface area contributed by atoms with Gasteiger partial charge in [-0.3, -0.25) is 14.6 Å². The number of halogens is 6. The van der Waals surface area contributed by atoms with Crippen LogP contribution >= 0.6 is 0 Å². The van der Waals surface area contributed by atoms with Crippen LogP contribution in [0.3, 0.4) is 0 Å². The zero-order valence-electron chi connectivity index (χ0n) is 29.9. The zero-order chi connectivity index (χ0) is 40.2. The molecule has 2 unspecified atom stereocenters. The lowest BCUT2D eigenvalue weighted by Crippen LogP contribution is -2.26. The number of carbonyl (C=O) groups is 3. The molecule has 2 aromatic rings. The minimum absolute atomic E-state index is 0.0627. The molecule has 0 aromatic heterocycles. The Morgan fingerprint density at radius 1 is 0.691 bits per heavy atom. The summed E-state index contributed by atoms with van der Waals surface area (Å²) >= 11 is 0. The molecule has 15 nitrogen and oxygen atoms in total.